The summed E-state index contributed by atoms with van der Waals surface area (Å²) < 4.78 is 17.0. The van der Waals surface area contributed by atoms with E-state index >= 15 is 0 Å². The van der Waals surface area contributed by atoms with Gasteiger partial charge in [-0.3, -0.25) is 0 Å². The van der Waals surface area contributed by atoms with Crippen LogP contribution in [0.2, 0.25) is 0 Å². The second-order valence-corrected chi connectivity index (χ2v) is 17.0. The van der Waals surface area contributed by atoms with E-state index in [2.05, 4.69) is 0 Å². The lowest BCUT2D eigenvalue weighted by molar-refractivity contribution is 0.0230. The molecule has 0 atom stereocenters. The fraction of sp³-hybridized carbons (Fsp3) is 0.925. The lowest BCUT2D eigenvalue weighted by atomic mass is 10.1. The van der Waals surface area contributed by atoms with Gasteiger partial charge in [0, 0.05) is 39.3 Å². The Hall–Kier alpha value is -2.27. The van der Waals surface area contributed by atoms with E-state index in [-0.39, 0.29) is 18.3 Å². The Bertz CT molecular complexity index is 912. The molecule has 0 aliphatic rings. The van der Waals surface area contributed by atoms with Gasteiger partial charge in [0.05, 0.1) is 0 Å². The predicted octanol–water partition coefficient (Wildman–Crippen LogP) is 9.25. The van der Waals surface area contributed by atoms with Crippen LogP contribution in [0.15, 0.2) is 0 Å². The number of amides is 3. The van der Waals surface area contributed by atoms with Gasteiger partial charge in [-0.05, 0) is 127 Å². The molecule has 0 aromatic heterocycles. The summed E-state index contributed by atoms with van der Waals surface area (Å²) >= 11 is 0. The first-order valence-corrected chi connectivity index (χ1v) is 20.2. The van der Waals surface area contributed by atoms with E-state index in [1.807, 2.05) is 77.0 Å². The summed E-state index contributed by atoms with van der Waals surface area (Å²) in [6, 6.07) is 0. The Morgan fingerprint density at radius 2 is 0.529 bits per heavy atom. The summed E-state index contributed by atoms with van der Waals surface area (Å²) in [5.74, 6) is 0. The molecule has 11 heteroatoms. The molecule has 0 aliphatic heterocycles. The van der Waals surface area contributed by atoms with Crippen LogP contribution in [-0.2, 0) is 14.2 Å². The summed E-state index contributed by atoms with van der Waals surface area (Å²) in [7, 11) is 0. The molecule has 0 radical (unpaired) electrons. The Labute approximate surface area is 313 Å². The van der Waals surface area contributed by atoms with Gasteiger partial charge in [-0.15, -0.1) is 0 Å². The smallest absolute Gasteiger partial charge is 0.410 e. The fourth-order valence-electron chi connectivity index (χ4n) is 5.56. The van der Waals surface area contributed by atoms with E-state index < -0.39 is 16.8 Å². The summed E-state index contributed by atoms with van der Waals surface area (Å²) in [6.07, 6.45) is 16.3. The average Bonchev–Trinajstić information content (AvgIpc) is 2.99. The molecule has 0 bridgehead atoms. The van der Waals surface area contributed by atoms with Crippen molar-refractivity contribution in [2.24, 2.45) is 11.5 Å². The van der Waals surface area contributed by atoms with Gasteiger partial charge >= 0.3 is 18.3 Å². The highest BCUT2D eigenvalue weighted by Gasteiger charge is 2.24. The van der Waals surface area contributed by atoms with E-state index in [4.69, 9.17) is 25.7 Å². The maximum absolute atomic E-state index is 13.0. The number of nitrogens with zero attached hydrogens (tertiary/aromatic N) is 3. The molecule has 0 fully saturated rings. The van der Waals surface area contributed by atoms with E-state index in [1.165, 1.54) is 0 Å². The van der Waals surface area contributed by atoms with Crippen LogP contribution in [0.4, 0.5) is 14.4 Å². The van der Waals surface area contributed by atoms with Crippen LogP contribution < -0.4 is 11.5 Å². The minimum atomic E-state index is -0.530. The van der Waals surface area contributed by atoms with Gasteiger partial charge in [-0.1, -0.05) is 57.8 Å². The molecule has 302 valence electrons. The highest BCUT2D eigenvalue weighted by molar-refractivity contribution is 5.68. The minimum Gasteiger partial charge on any atom is -0.444 e. The van der Waals surface area contributed by atoms with Crippen LogP contribution in [0.1, 0.15) is 171 Å². The Morgan fingerprint density at radius 1 is 0.353 bits per heavy atom. The molecular formula is C40H81N5O6. The van der Waals surface area contributed by atoms with Gasteiger partial charge in [-0.2, -0.15) is 0 Å². The topological polar surface area (TPSA) is 141 Å². The summed E-state index contributed by atoms with van der Waals surface area (Å²) in [6.45, 7) is 22.7. The molecule has 0 rings (SSSR count). The van der Waals surface area contributed by atoms with Crippen molar-refractivity contribution in [2.75, 3.05) is 52.4 Å². The van der Waals surface area contributed by atoms with Crippen molar-refractivity contribution < 1.29 is 28.6 Å². The van der Waals surface area contributed by atoms with Crippen LogP contribution in [-0.4, -0.2) is 102 Å². The SMILES string of the molecule is CC(C)(C)OC(=O)N(CCCCCN)CCCCCCCCN(CCCCCCCN(CCCCCN)C(=O)OC(C)(C)C)C(=O)OC(C)(C)C. The number of rotatable bonds is 27. The van der Waals surface area contributed by atoms with Gasteiger partial charge in [0.15, 0.2) is 0 Å². The third kappa shape index (κ3) is 29.9. The van der Waals surface area contributed by atoms with Crippen LogP contribution in [0.25, 0.3) is 0 Å². The van der Waals surface area contributed by atoms with E-state index in [9.17, 15) is 14.4 Å². The minimum absolute atomic E-state index is 0.230. The van der Waals surface area contributed by atoms with Crippen molar-refractivity contribution in [3.8, 4) is 0 Å². The summed E-state index contributed by atoms with van der Waals surface area (Å²) in [5, 5.41) is 0. The lowest BCUT2D eigenvalue weighted by Crippen LogP contribution is -2.38. The zero-order valence-corrected chi connectivity index (χ0v) is 34.6. The van der Waals surface area contributed by atoms with Crippen molar-refractivity contribution >= 4 is 18.3 Å². The number of hydrogen-bond acceptors (Lipinski definition) is 8. The maximum Gasteiger partial charge on any atom is 0.410 e. The van der Waals surface area contributed by atoms with Crippen LogP contribution >= 0.6 is 0 Å². The number of carbonyl (C=O) groups is 3. The highest BCUT2D eigenvalue weighted by atomic mass is 16.6. The first-order chi connectivity index (χ1) is 23.9. The number of unbranched alkanes of at least 4 members (excludes halogenated alkanes) is 13. The molecule has 11 nitrogen and oxygen atoms in total. The molecule has 0 saturated carbocycles. The second kappa shape index (κ2) is 27.4. The summed E-state index contributed by atoms with van der Waals surface area (Å²) in [4.78, 5) is 44.0. The van der Waals surface area contributed by atoms with Gasteiger partial charge in [-0.25, -0.2) is 14.4 Å². The zero-order chi connectivity index (χ0) is 38.8. The van der Waals surface area contributed by atoms with Crippen LogP contribution in [0, 0.1) is 0 Å². The van der Waals surface area contributed by atoms with E-state index in [1.54, 1.807) is 0 Å². The Morgan fingerprint density at radius 3 is 0.706 bits per heavy atom. The van der Waals surface area contributed by atoms with Crippen molar-refractivity contribution in [3.05, 3.63) is 0 Å². The van der Waals surface area contributed by atoms with Crippen molar-refractivity contribution in [1.82, 2.24) is 14.7 Å². The predicted molar refractivity (Wildman–Crippen MR) is 210 cm³/mol. The van der Waals surface area contributed by atoms with Gasteiger partial charge in [0.25, 0.3) is 0 Å². The van der Waals surface area contributed by atoms with E-state index in [0.29, 0.717) is 52.4 Å². The molecule has 4 N–H and O–H groups in total. The second-order valence-electron chi connectivity index (χ2n) is 17.0. The third-order valence-electron chi connectivity index (χ3n) is 8.18. The molecule has 0 heterocycles. The molecule has 0 aromatic carbocycles. The molecule has 0 aliphatic carbocycles. The molecule has 3 amide bonds. The molecule has 0 unspecified atom stereocenters. The van der Waals surface area contributed by atoms with Gasteiger partial charge in [0.2, 0.25) is 0 Å². The monoisotopic (exact) mass is 728 g/mol. The van der Waals surface area contributed by atoms with Crippen molar-refractivity contribution in [1.29, 1.82) is 0 Å². The quantitative estimate of drug-likeness (QED) is 0.0630. The molecule has 0 saturated heterocycles. The van der Waals surface area contributed by atoms with E-state index in [0.717, 1.165) is 109 Å². The lowest BCUT2D eigenvalue weighted by Gasteiger charge is -2.28. The molecular weight excluding hydrogens is 646 g/mol. The molecule has 51 heavy (non-hydrogen) atoms. The van der Waals surface area contributed by atoms with Crippen molar-refractivity contribution in [3.63, 3.8) is 0 Å². The third-order valence-corrected chi connectivity index (χ3v) is 8.18. The maximum atomic E-state index is 13.0. The average molecular weight is 728 g/mol. The Kier molecular flexibility index (Phi) is 26.1. The largest absolute Gasteiger partial charge is 0.444 e. The molecule has 0 aromatic rings. The summed E-state index contributed by atoms with van der Waals surface area (Å²) in [5.41, 5.74) is 9.72. The van der Waals surface area contributed by atoms with Crippen LogP contribution in [0.3, 0.4) is 0 Å². The van der Waals surface area contributed by atoms with Crippen LogP contribution in [0.5, 0.6) is 0 Å². The van der Waals surface area contributed by atoms with Gasteiger partial charge in [0.1, 0.15) is 16.8 Å². The number of ether oxygens (including phenoxy) is 3. The number of carbonyl (C=O) groups excluding carboxylic acids is 3. The molecule has 0 spiro atoms. The van der Waals surface area contributed by atoms with Crippen molar-refractivity contribution in [2.45, 2.75) is 188 Å². The normalized spacial score (nSPS) is 12.1. The van der Waals surface area contributed by atoms with Gasteiger partial charge < -0.3 is 40.4 Å². The standard InChI is InChI=1S/C40H81N5O6/c1-38(2,3)49-35(46)43(31-23-15-12-16-24-32-45(34-26-18-20-28-42)37(48)51-40(7,8)9)29-21-13-10-11-14-22-30-44(33-25-17-19-27-41)36(47)50-39(4,5)6/h10-34,41-42H2,1-9H3. The highest BCUT2D eigenvalue weighted by Crippen LogP contribution is 2.17. The Balaban J connectivity index is 4.63. The first-order valence-electron chi connectivity index (χ1n) is 20.2. The number of hydrogen-bond donors (Lipinski definition) is 2. The zero-order valence-electron chi connectivity index (χ0n) is 34.6. The fourth-order valence-corrected chi connectivity index (χ4v) is 5.56. The number of nitrogens with two attached hydrogens (primary N) is 2. The first kappa shape index (κ1) is 48.7.